The fourth-order valence-electron chi connectivity index (χ4n) is 2.28. The molecule has 0 saturated carbocycles. The Morgan fingerprint density at radius 3 is 2.60 bits per heavy atom. The molecule has 0 fully saturated rings. The summed E-state index contributed by atoms with van der Waals surface area (Å²) < 4.78 is 0. The Morgan fingerprint density at radius 1 is 1.20 bits per heavy atom. The molecule has 3 heteroatoms. The Morgan fingerprint density at radius 2 is 1.95 bits per heavy atom. The Hall–Kier alpha value is -1.38. The van der Waals surface area contributed by atoms with E-state index in [0.29, 0.717) is 0 Å². The van der Waals surface area contributed by atoms with E-state index in [-0.39, 0.29) is 6.04 Å². The molecule has 2 aromatic rings. The average molecular weight is 289 g/mol. The molecule has 0 saturated heterocycles. The van der Waals surface area contributed by atoms with Crippen LogP contribution in [0.15, 0.2) is 42.7 Å². The molecule has 0 aliphatic carbocycles. The first-order chi connectivity index (χ1) is 9.70. The molecular formula is C17H21ClN2. The van der Waals surface area contributed by atoms with E-state index >= 15 is 0 Å². The minimum atomic E-state index is 0.241. The fourth-order valence-corrected chi connectivity index (χ4v) is 2.65. The van der Waals surface area contributed by atoms with Crippen LogP contribution in [0.5, 0.6) is 0 Å². The number of rotatable bonds is 6. The lowest BCUT2D eigenvalue weighted by atomic mass is 9.98. The Labute approximate surface area is 126 Å². The van der Waals surface area contributed by atoms with Crippen molar-refractivity contribution in [1.29, 1.82) is 0 Å². The van der Waals surface area contributed by atoms with Gasteiger partial charge in [0.25, 0.3) is 0 Å². The van der Waals surface area contributed by atoms with Crippen LogP contribution >= 0.6 is 11.6 Å². The van der Waals surface area contributed by atoms with Gasteiger partial charge in [-0.05, 0) is 61.2 Å². The first kappa shape index (κ1) is 15.0. The zero-order valence-corrected chi connectivity index (χ0v) is 12.8. The summed E-state index contributed by atoms with van der Waals surface area (Å²) in [5.74, 6) is 0. The van der Waals surface area contributed by atoms with Gasteiger partial charge in [-0.25, -0.2) is 0 Å². The van der Waals surface area contributed by atoms with Crippen LogP contribution in [0.2, 0.25) is 5.02 Å². The fraction of sp³-hybridized carbons (Fsp3) is 0.353. The van der Waals surface area contributed by atoms with Gasteiger partial charge in [-0.1, -0.05) is 30.7 Å². The summed E-state index contributed by atoms with van der Waals surface area (Å²) in [6.45, 7) is 5.22. The Bertz CT molecular complexity index is 540. The maximum atomic E-state index is 6.42. The molecule has 0 amide bonds. The second-order valence-electron chi connectivity index (χ2n) is 5.09. The van der Waals surface area contributed by atoms with Gasteiger partial charge < -0.3 is 5.32 Å². The Kier molecular flexibility index (Phi) is 5.57. The minimum absolute atomic E-state index is 0.241. The molecule has 106 valence electrons. The predicted molar refractivity (Wildman–Crippen MR) is 85.2 cm³/mol. The molecule has 2 rings (SSSR count). The smallest absolute Gasteiger partial charge is 0.0456 e. The highest BCUT2D eigenvalue weighted by molar-refractivity contribution is 6.31. The number of hydrogen-bond donors (Lipinski definition) is 1. The number of pyridine rings is 1. The minimum Gasteiger partial charge on any atom is -0.310 e. The molecule has 1 aromatic carbocycles. The number of nitrogens with zero attached hydrogens (tertiary/aromatic N) is 1. The molecule has 1 atom stereocenters. The normalized spacial score (nSPS) is 12.3. The van der Waals surface area contributed by atoms with Crippen molar-refractivity contribution in [3.05, 3.63) is 64.4 Å². The lowest BCUT2D eigenvalue weighted by molar-refractivity contribution is 0.529. The van der Waals surface area contributed by atoms with E-state index in [4.69, 9.17) is 11.6 Å². The van der Waals surface area contributed by atoms with E-state index in [0.717, 1.165) is 24.4 Å². The Balaban J connectivity index is 2.22. The number of hydrogen-bond acceptors (Lipinski definition) is 2. The van der Waals surface area contributed by atoms with E-state index in [1.807, 2.05) is 18.5 Å². The van der Waals surface area contributed by atoms with Crippen LogP contribution in [-0.2, 0) is 6.42 Å². The second kappa shape index (κ2) is 7.41. The van der Waals surface area contributed by atoms with Gasteiger partial charge in [0.05, 0.1) is 0 Å². The number of aromatic nitrogens is 1. The van der Waals surface area contributed by atoms with Crippen LogP contribution in [0.4, 0.5) is 0 Å². The van der Waals surface area contributed by atoms with Crippen LogP contribution in [-0.4, -0.2) is 11.5 Å². The molecule has 1 unspecified atom stereocenters. The molecule has 1 aromatic heterocycles. The zero-order valence-electron chi connectivity index (χ0n) is 12.1. The van der Waals surface area contributed by atoms with Crippen molar-refractivity contribution in [2.45, 2.75) is 32.7 Å². The van der Waals surface area contributed by atoms with Gasteiger partial charge in [-0.3, -0.25) is 4.98 Å². The number of nitrogens with one attached hydrogen (secondary N) is 1. The SMILES string of the molecule is CCCNC(Cc1ccncc1)c1ccc(C)cc1Cl. The van der Waals surface area contributed by atoms with Crippen molar-refractivity contribution in [1.82, 2.24) is 10.3 Å². The molecule has 0 aliphatic heterocycles. The first-order valence-corrected chi connectivity index (χ1v) is 7.47. The van der Waals surface area contributed by atoms with Crippen molar-refractivity contribution in [3.63, 3.8) is 0 Å². The van der Waals surface area contributed by atoms with E-state index < -0.39 is 0 Å². The van der Waals surface area contributed by atoms with Gasteiger partial charge >= 0.3 is 0 Å². The standard InChI is InChI=1S/C17H21ClN2/c1-3-8-20-17(12-14-6-9-19-10-7-14)15-5-4-13(2)11-16(15)18/h4-7,9-11,17,20H,3,8,12H2,1-2H3. The lowest BCUT2D eigenvalue weighted by Crippen LogP contribution is -2.24. The highest BCUT2D eigenvalue weighted by Gasteiger charge is 2.14. The van der Waals surface area contributed by atoms with Gasteiger partial charge in [0.15, 0.2) is 0 Å². The van der Waals surface area contributed by atoms with Crippen LogP contribution in [0.25, 0.3) is 0 Å². The van der Waals surface area contributed by atoms with Gasteiger partial charge in [0.1, 0.15) is 0 Å². The van der Waals surface area contributed by atoms with Gasteiger partial charge in [-0.2, -0.15) is 0 Å². The molecule has 1 heterocycles. The van der Waals surface area contributed by atoms with Gasteiger partial charge in [0.2, 0.25) is 0 Å². The van der Waals surface area contributed by atoms with Crippen molar-refractivity contribution >= 4 is 11.6 Å². The number of benzene rings is 1. The number of halogens is 1. The quantitative estimate of drug-likeness (QED) is 0.856. The van der Waals surface area contributed by atoms with E-state index in [9.17, 15) is 0 Å². The van der Waals surface area contributed by atoms with E-state index in [2.05, 4.69) is 48.4 Å². The highest BCUT2D eigenvalue weighted by Crippen LogP contribution is 2.26. The molecule has 0 bridgehead atoms. The summed E-state index contributed by atoms with van der Waals surface area (Å²) in [6.07, 6.45) is 5.70. The topological polar surface area (TPSA) is 24.9 Å². The molecule has 2 nitrogen and oxygen atoms in total. The molecule has 0 spiro atoms. The maximum absolute atomic E-state index is 6.42. The summed E-state index contributed by atoms with van der Waals surface area (Å²) in [4.78, 5) is 4.07. The van der Waals surface area contributed by atoms with Crippen LogP contribution in [0.3, 0.4) is 0 Å². The van der Waals surface area contributed by atoms with E-state index in [1.165, 1.54) is 16.7 Å². The van der Waals surface area contributed by atoms with Crippen molar-refractivity contribution in [3.8, 4) is 0 Å². The maximum Gasteiger partial charge on any atom is 0.0456 e. The average Bonchev–Trinajstić information content (AvgIpc) is 2.45. The molecule has 0 radical (unpaired) electrons. The molecular weight excluding hydrogens is 268 g/mol. The summed E-state index contributed by atoms with van der Waals surface area (Å²) in [5, 5.41) is 4.43. The van der Waals surface area contributed by atoms with Crippen molar-refractivity contribution in [2.24, 2.45) is 0 Å². The predicted octanol–water partition coefficient (Wildman–Crippen LogP) is 4.33. The third-order valence-electron chi connectivity index (χ3n) is 3.36. The monoisotopic (exact) mass is 288 g/mol. The van der Waals surface area contributed by atoms with Crippen LogP contribution < -0.4 is 5.32 Å². The third kappa shape index (κ3) is 4.06. The largest absolute Gasteiger partial charge is 0.310 e. The first-order valence-electron chi connectivity index (χ1n) is 7.09. The summed E-state index contributed by atoms with van der Waals surface area (Å²) in [7, 11) is 0. The van der Waals surface area contributed by atoms with Crippen LogP contribution in [0, 0.1) is 6.92 Å². The van der Waals surface area contributed by atoms with Crippen molar-refractivity contribution in [2.75, 3.05) is 6.54 Å². The lowest BCUT2D eigenvalue weighted by Gasteiger charge is -2.20. The molecule has 0 aliphatic rings. The molecule has 20 heavy (non-hydrogen) atoms. The van der Waals surface area contributed by atoms with E-state index in [1.54, 1.807) is 0 Å². The highest BCUT2D eigenvalue weighted by atomic mass is 35.5. The van der Waals surface area contributed by atoms with Crippen LogP contribution in [0.1, 0.15) is 36.1 Å². The summed E-state index contributed by atoms with van der Waals surface area (Å²) >= 11 is 6.42. The molecule has 1 N–H and O–H groups in total. The van der Waals surface area contributed by atoms with Gasteiger partial charge in [-0.15, -0.1) is 0 Å². The van der Waals surface area contributed by atoms with Gasteiger partial charge in [0, 0.05) is 23.5 Å². The number of aryl methyl sites for hydroxylation is 1. The van der Waals surface area contributed by atoms with Crippen molar-refractivity contribution < 1.29 is 0 Å². The third-order valence-corrected chi connectivity index (χ3v) is 3.69. The second-order valence-corrected chi connectivity index (χ2v) is 5.50. The zero-order chi connectivity index (χ0) is 14.4. The summed E-state index contributed by atoms with van der Waals surface area (Å²) in [6, 6.07) is 10.6. The summed E-state index contributed by atoms with van der Waals surface area (Å²) in [5.41, 5.74) is 3.63.